The van der Waals surface area contributed by atoms with Gasteiger partial charge in [0.2, 0.25) is 0 Å². The fourth-order valence-corrected chi connectivity index (χ4v) is 5.48. The monoisotopic (exact) mass is 590 g/mol. The van der Waals surface area contributed by atoms with E-state index in [4.69, 9.17) is 4.74 Å². The number of benzene rings is 1. The maximum atomic E-state index is 13.9. The van der Waals surface area contributed by atoms with Gasteiger partial charge in [-0.2, -0.15) is 0 Å². The Balaban J connectivity index is 0.000000668. The SMILES string of the molecule is CNC1CC1.COC1=C(N2C=C(C)N=CC2)CC=CC(c2cc3c([nH]2)CN(C)CN(C(C)c2cc(F)cc(F)c2)C3=O)=C1. The van der Waals surface area contributed by atoms with Gasteiger partial charge in [-0.1, -0.05) is 12.2 Å². The van der Waals surface area contributed by atoms with Gasteiger partial charge < -0.3 is 24.8 Å². The standard InChI is InChI=1S/C29H31F2N5O2.C4H9N/c1-18-15-35(9-8-32-18)27-7-5-6-20(12-28(27)38-4)25-14-24-26(33-25)16-34(3)17-36(29(24)37)19(2)21-10-22(30)13-23(31)11-21;1-5-4-2-3-4/h5-6,8,10-15,19,33H,7,9,16-17H2,1-4H3;4-5H,2-3H2,1H3. The molecule has 228 valence electrons. The average molecular weight is 591 g/mol. The largest absolute Gasteiger partial charge is 0.495 e. The number of allylic oxidation sites excluding steroid dienone is 5. The van der Waals surface area contributed by atoms with Crippen LogP contribution < -0.4 is 5.32 Å². The van der Waals surface area contributed by atoms with E-state index in [2.05, 4.69) is 26.3 Å². The zero-order chi connectivity index (χ0) is 30.7. The normalized spacial score (nSPS) is 19.7. The fourth-order valence-electron chi connectivity index (χ4n) is 5.48. The maximum Gasteiger partial charge on any atom is 0.257 e. The van der Waals surface area contributed by atoms with Crippen molar-refractivity contribution in [3.05, 3.63) is 100.0 Å². The number of halogens is 2. The van der Waals surface area contributed by atoms with E-state index >= 15 is 0 Å². The minimum atomic E-state index is -0.664. The number of hydrogen-bond acceptors (Lipinski definition) is 6. The Morgan fingerprint density at radius 1 is 1.16 bits per heavy atom. The summed E-state index contributed by atoms with van der Waals surface area (Å²) in [5.74, 6) is -0.786. The summed E-state index contributed by atoms with van der Waals surface area (Å²) in [7, 11) is 5.58. The molecule has 1 fully saturated rings. The molecule has 1 amide bonds. The van der Waals surface area contributed by atoms with Crippen LogP contribution in [0.3, 0.4) is 0 Å². The molecule has 0 bridgehead atoms. The third-order valence-corrected chi connectivity index (χ3v) is 8.01. The highest BCUT2D eigenvalue weighted by Gasteiger charge is 2.31. The van der Waals surface area contributed by atoms with Crippen LogP contribution in [0.15, 0.2) is 70.8 Å². The van der Waals surface area contributed by atoms with Gasteiger partial charge in [0.05, 0.1) is 43.3 Å². The molecule has 4 aliphatic rings. The number of fused-ring (bicyclic) bond motifs is 1. The number of aliphatic imine (C=N–C) groups is 1. The third kappa shape index (κ3) is 7.14. The Bertz CT molecular complexity index is 1500. The summed E-state index contributed by atoms with van der Waals surface area (Å²) in [6.45, 7) is 5.25. The molecule has 43 heavy (non-hydrogen) atoms. The summed E-state index contributed by atoms with van der Waals surface area (Å²) in [6, 6.07) is 5.60. The van der Waals surface area contributed by atoms with E-state index in [1.165, 1.54) is 25.0 Å². The van der Waals surface area contributed by atoms with E-state index < -0.39 is 17.7 Å². The van der Waals surface area contributed by atoms with Crippen molar-refractivity contribution >= 4 is 17.7 Å². The first-order valence-corrected chi connectivity index (χ1v) is 14.6. The quantitative estimate of drug-likeness (QED) is 0.451. The Morgan fingerprint density at radius 3 is 2.53 bits per heavy atom. The van der Waals surface area contributed by atoms with Crippen molar-refractivity contribution < 1.29 is 18.3 Å². The molecule has 2 N–H and O–H groups in total. The van der Waals surface area contributed by atoms with Crippen molar-refractivity contribution in [1.82, 2.24) is 25.0 Å². The third-order valence-electron chi connectivity index (χ3n) is 8.01. The van der Waals surface area contributed by atoms with Gasteiger partial charge >= 0.3 is 0 Å². The number of rotatable bonds is 6. The highest BCUT2D eigenvalue weighted by Crippen LogP contribution is 2.32. The lowest BCUT2D eigenvalue weighted by molar-refractivity contribution is 0.0579. The van der Waals surface area contributed by atoms with Gasteiger partial charge in [0, 0.05) is 54.4 Å². The number of nitrogens with one attached hydrogen (secondary N) is 2. The molecule has 0 spiro atoms. The van der Waals surface area contributed by atoms with Crippen LogP contribution in [-0.2, 0) is 11.3 Å². The molecule has 1 aromatic carbocycles. The number of aromatic nitrogens is 1. The summed E-state index contributed by atoms with van der Waals surface area (Å²) < 4.78 is 33.6. The first-order chi connectivity index (χ1) is 20.7. The van der Waals surface area contributed by atoms with Gasteiger partial charge in [-0.3, -0.25) is 14.7 Å². The van der Waals surface area contributed by atoms with Crippen LogP contribution in [0.4, 0.5) is 8.78 Å². The topological polar surface area (TPSA) is 76.2 Å². The minimum Gasteiger partial charge on any atom is -0.495 e. The van der Waals surface area contributed by atoms with E-state index in [0.717, 1.165) is 46.2 Å². The van der Waals surface area contributed by atoms with Gasteiger partial charge in [-0.25, -0.2) is 8.78 Å². The van der Waals surface area contributed by atoms with Gasteiger partial charge in [-0.15, -0.1) is 0 Å². The van der Waals surface area contributed by atoms with Crippen LogP contribution in [0.25, 0.3) is 5.57 Å². The van der Waals surface area contributed by atoms with E-state index in [1.807, 2.05) is 56.6 Å². The van der Waals surface area contributed by atoms with Crippen LogP contribution in [-0.4, -0.2) is 72.3 Å². The lowest BCUT2D eigenvalue weighted by atomic mass is 10.1. The van der Waals surface area contributed by atoms with Crippen molar-refractivity contribution in [3.8, 4) is 0 Å². The highest BCUT2D eigenvalue weighted by molar-refractivity contribution is 5.97. The van der Waals surface area contributed by atoms with Crippen LogP contribution in [0.5, 0.6) is 0 Å². The zero-order valence-corrected chi connectivity index (χ0v) is 25.5. The van der Waals surface area contributed by atoms with Gasteiger partial charge in [0.25, 0.3) is 5.91 Å². The molecule has 1 aromatic heterocycles. The minimum absolute atomic E-state index is 0.196. The molecule has 2 aliphatic carbocycles. The maximum absolute atomic E-state index is 13.9. The smallest absolute Gasteiger partial charge is 0.257 e. The number of H-pyrrole nitrogens is 1. The van der Waals surface area contributed by atoms with Crippen molar-refractivity contribution in [2.24, 2.45) is 4.99 Å². The lowest BCUT2D eigenvalue weighted by Crippen LogP contribution is -2.39. The van der Waals surface area contributed by atoms with Crippen LogP contribution in [0, 0.1) is 11.6 Å². The number of carbonyl (C=O) groups excluding carboxylic acids is 1. The molecule has 10 heteroatoms. The van der Waals surface area contributed by atoms with E-state index in [1.54, 1.807) is 18.9 Å². The predicted octanol–water partition coefficient (Wildman–Crippen LogP) is 5.72. The zero-order valence-electron chi connectivity index (χ0n) is 25.5. The molecule has 2 aromatic rings. The highest BCUT2D eigenvalue weighted by atomic mass is 19.1. The fraction of sp³-hybridized carbons (Fsp3) is 0.394. The molecule has 1 unspecified atom stereocenters. The van der Waals surface area contributed by atoms with Crippen molar-refractivity contribution in [2.75, 3.05) is 34.4 Å². The Morgan fingerprint density at radius 2 is 1.91 bits per heavy atom. The molecule has 0 radical (unpaired) electrons. The molecule has 1 atom stereocenters. The number of amides is 1. The van der Waals surface area contributed by atoms with E-state index in [9.17, 15) is 13.6 Å². The number of ether oxygens (including phenoxy) is 1. The Kier molecular flexibility index (Phi) is 9.27. The molecule has 8 nitrogen and oxygen atoms in total. The van der Waals surface area contributed by atoms with E-state index in [0.29, 0.717) is 37.3 Å². The predicted molar refractivity (Wildman–Crippen MR) is 165 cm³/mol. The van der Waals surface area contributed by atoms with Crippen molar-refractivity contribution in [3.63, 3.8) is 0 Å². The summed E-state index contributed by atoms with van der Waals surface area (Å²) in [5, 5.41) is 3.14. The second-order valence-electron chi connectivity index (χ2n) is 11.4. The second-order valence-corrected chi connectivity index (χ2v) is 11.4. The summed E-state index contributed by atoms with van der Waals surface area (Å²) >= 11 is 0. The van der Waals surface area contributed by atoms with Crippen LogP contribution >= 0.6 is 0 Å². The number of nitrogens with zero attached hydrogens (tertiary/aromatic N) is 4. The summed E-state index contributed by atoms with van der Waals surface area (Å²) in [5.41, 5.74) is 5.37. The molecule has 1 saturated carbocycles. The second kappa shape index (κ2) is 13.1. The molecule has 0 saturated heterocycles. The first-order valence-electron chi connectivity index (χ1n) is 14.6. The Labute approximate surface area is 252 Å². The van der Waals surface area contributed by atoms with Crippen molar-refractivity contribution in [1.29, 1.82) is 0 Å². The van der Waals surface area contributed by atoms with Gasteiger partial charge in [0.1, 0.15) is 17.4 Å². The Hall–Kier alpha value is -4.02. The van der Waals surface area contributed by atoms with Crippen molar-refractivity contribution in [2.45, 2.75) is 51.7 Å². The van der Waals surface area contributed by atoms with Crippen LogP contribution in [0.2, 0.25) is 0 Å². The summed E-state index contributed by atoms with van der Waals surface area (Å²) in [4.78, 5) is 27.3. The lowest BCUT2D eigenvalue weighted by Gasteiger charge is -2.31. The van der Waals surface area contributed by atoms with Gasteiger partial charge in [0.15, 0.2) is 0 Å². The molecular formula is C33H40F2N6O2. The number of methoxy groups -OCH3 is 1. The molecular weight excluding hydrogens is 550 g/mol. The average Bonchev–Trinajstić information content (AvgIpc) is 3.78. The number of hydrogen-bond donors (Lipinski definition) is 2. The molecule has 3 heterocycles. The van der Waals surface area contributed by atoms with Gasteiger partial charge in [-0.05, 0) is 70.6 Å². The molecule has 2 aliphatic heterocycles. The van der Waals surface area contributed by atoms with E-state index in [-0.39, 0.29) is 5.91 Å². The number of carbonyl (C=O) groups is 1. The number of aromatic amines is 1. The first kappa shape index (κ1) is 30.4. The van der Waals surface area contributed by atoms with Crippen LogP contribution in [0.1, 0.15) is 66.5 Å². The summed E-state index contributed by atoms with van der Waals surface area (Å²) in [6.07, 6.45) is 13.4. The molecule has 6 rings (SSSR count).